The summed E-state index contributed by atoms with van der Waals surface area (Å²) in [5.41, 5.74) is 1.38. The third-order valence-electron chi connectivity index (χ3n) is 2.97. The molecule has 0 fully saturated rings. The molecule has 7 nitrogen and oxygen atoms in total. The summed E-state index contributed by atoms with van der Waals surface area (Å²) in [5, 5.41) is 14.6. The molecule has 2 N–H and O–H groups in total. The van der Waals surface area contributed by atoms with Crippen molar-refractivity contribution in [3.8, 4) is 11.5 Å². The van der Waals surface area contributed by atoms with Gasteiger partial charge in [0.2, 0.25) is 17.7 Å². The van der Waals surface area contributed by atoms with E-state index < -0.39 is 0 Å². The summed E-state index contributed by atoms with van der Waals surface area (Å²) in [7, 11) is 1.73. The molecule has 3 rings (SSSR count). The summed E-state index contributed by atoms with van der Waals surface area (Å²) in [4.78, 5) is 8.36. The van der Waals surface area contributed by atoms with Crippen molar-refractivity contribution < 1.29 is 4.42 Å². The van der Waals surface area contributed by atoms with E-state index in [0.29, 0.717) is 39.3 Å². The van der Waals surface area contributed by atoms with E-state index in [2.05, 4.69) is 30.8 Å². The maximum absolute atomic E-state index is 6.29. The van der Waals surface area contributed by atoms with Gasteiger partial charge in [0.05, 0.1) is 16.9 Å². The number of anilines is 3. The zero-order valence-corrected chi connectivity index (χ0v) is 13.8. The topological polar surface area (TPSA) is 88.8 Å². The lowest BCUT2D eigenvalue weighted by Crippen LogP contribution is -2.01. The number of nitrogens with one attached hydrogen (secondary N) is 2. The minimum Gasteiger partial charge on any atom is -0.421 e. The van der Waals surface area contributed by atoms with Crippen molar-refractivity contribution in [2.75, 3.05) is 17.7 Å². The minimum atomic E-state index is 0.377. The number of aryl methyl sites for hydroxylation is 1. The van der Waals surface area contributed by atoms with Crippen LogP contribution in [0.4, 0.5) is 17.5 Å². The van der Waals surface area contributed by atoms with E-state index in [1.165, 1.54) is 6.20 Å². The van der Waals surface area contributed by atoms with Crippen LogP contribution in [0.25, 0.3) is 11.5 Å². The average molecular weight is 351 g/mol. The first-order valence-corrected chi connectivity index (χ1v) is 7.40. The molecular weight excluding hydrogens is 339 g/mol. The predicted molar refractivity (Wildman–Crippen MR) is 89.4 cm³/mol. The molecule has 0 aliphatic heterocycles. The number of hydrogen-bond donors (Lipinski definition) is 2. The normalized spacial score (nSPS) is 10.6. The van der Waals surface area contributed by atoms with Gasteiger partial charge in [0.1, 0.15) is 10.8 Å². The zero-order chi connectivity index (χ0) is 16.4. The molecule has 0 bridgehead atoms. The highest BCUT2D eigenvalue weighted by atomic mass is 35.5. The molecule has 0 saturated carbocycles. The van der Waals surface area contributed by atoms with Crippen molar-refractivity contribution in [3.63, 3.8) is 0 Å². The van der Waals surface area contributed by atoms with Crippen molar-refractivity contribution in [2.45, 2.75) is 6.92 Å². The van der Waals surface area contributed by atoms with Gasteiger partial charge in [-0.05, 0) is 18.2 Å². The van der Waals surface area contributed by atoms with Crippen LogP contribution in [0.15, 0.2) is 28.8 Å². The summed E-state index contributed by atoms with van der Waals surface area (Å²) in [6.45, 7) is 1.73. The molecule has 0 spiro atoms. The van der Waals surface area contributed by atoms with Crippen LogP contribution in [-0.2, 0) is 0 Å². The Bertz CT molecular complexity index is 851. The molecular formula is C14H12Cl2N6O. The smallest absolute Gasteiger partial charge is 0.247 e. The summed E-state index contributed by atoms with van der Waals surface area (Å²) in [6.07, 6.45) is 1.51. The predicted octanol–water partition coefficient (Wildman–Crippen LogP) is 3.93. The second-order valence-corrected chi connectivity index (χ2v) is 5.40. The highest BCUT2D eigenvalue weighted by Gasteiger charge is 2.10. The Hall–Kier alpha value is -2.38. The largest absolute Gasteiger partial charge is 0.421 e. The van der Waals surface area contributed by atoms with Crippen LogP contribution >= 0.6 is 23.2 Å². The quantitative estimate of drug-likeness (QED) is 0.736. The van der Waals surface area contributed by atoms with Gasteiger partial charge in [-0.15, -0.1) is 10.2 Å². The molecule has 9 heteroatoms. The molecule has 2 heterocycles. The number of aromatic nitrogens is 4. The highest BCUT2D eigenvalue weighted by Crippen LogP contribution is 2.30. The van der Waals surface area contributed by atoms with Crippen molar-refractivity contribution in [1.82, 2.24) is 20.2 Å². The van der Waals surface area contributed by atoms with Crippen molar-refractivity contribution in [1.29, 1.82) is 0 Å². The lowest BCUT2D eigenvalue weighted by atomic mass is 10.2. The molecule has 23 heavy (non-hydrogen) atoms. The monoisotopic (exact) mass is 350 g/mol. The van der Waals surface area contributed by atoms with Gasteiger partial charge < -0.3 is 15.1 Å². The van der Waals surface area contributed by atoms with Gasteiger partial charge in [-0.3, -0.25) is 0 Å². The Morgan fingerprint density at radius 3 is 2.61 bits per heavy atom. The Kier molecular flexibility index (Phi) is 4.31. The number of rotatable bonds is 4. The van der Waals surface area contributed by atoms with Gasteiger partial charge in [0.15, 0.2) is 0 Å². The zero-order valence-electron chi connectivity index (χ0n) is 12.3. The third-order valence-corrected chi connectivity index (χ3v) is 3.56. The van der Waals surface area contributed by atoms with Gasteiger partial charge in [-0.1, -0.05) is 23.2 Å². The molecule has 0 atom stereocenters. The van der Waals surface area contributed by atoms with E-state index in [1.54, 1.807) is 26.1 Å². The molecule has 0 unspecified atom stereocenters. The van der Waals surface area contributed by atoms with Gasteiger partial charge in [-0.2, -0.15) is 4.98 Å². The van der Waals surface area contributed by atoms with Crippen LogP contribution in [0, 0.1) is 6.92 Å². The van der Waals surface area contributed by atoms with E-state index in [4.69, 9.17) is 27.6 Å². The molecule has 0 aliphatic carbocycles. The molecule has 3 aromatic rings. The van der Waals surface area contributed by atoms with E-state index in [1.807, 2.05) is 6.07 Å². The van der Waals surface area contributed by atoms with Gasteiger partial charge in [0, 0.05) is 19.5 Å². The van der Waals surface area contributed by atoms with E-state index in [-0.39, 0.29) is 0 Å². The second-order valence-electron chi connectivity index (χ2n) is 4.59. The van der Waals surface area contributed by atoms with Gasteiger partial charge in [0.25, 0.3) is 0 Å². The van der Waals surface area contributed by atoms with Crippen LogP contribution in [0.1, 0.15) is 5.89 Å². The van der Waals surface area contributed by atoms with E-state index in [0.717, 1.165) is 5.56 Å². The molecule has 2 aromatic heterocycles. The minimum absolute atomic E-state index is 0.377. The van der Waals surface area contributed by atoms with Crippen LogP contribution < -0.4 is 10.6 Å². The molecule has 1 aromatic carbocycles. The van der Waals surface area contributed by atoms with Crippen molar-refractivity contribution in [3.05, 3.63) is 40.3 Å². The fourth-order valence-electron chi connectivity index (χ4n) is 1.89. The fraction of sp³-hybridized carbons (Fsp3) is 0.143. The summed E-state index contributed by atoms with van der Waals surface area (Å²) < 4.78 is 5.38. The lowest BCUT2D eigenvalue weighted by molar-refractivity contribution is 0.533. The van der Waals surface area contributed by atoms with Crippen LogP contribution in [0.2, 0.25) is 10.0 Å². The molecule has 0 saturated heterocycles. The number of halogens is 2. The van der Waals surface area contributed by atoms with Crippen LogP contribution in [0.5, 0.6) is 0 Å². The Labute approximate surface area is 142 Å². The maximum atomic E-state index is 6.29. The summed E-state index contributed by atoms with van der Waals surface area (Å²) in [6, 6.07) is 5.33. The fourth-order valence-corrected chi connectivity index (χ4v) is 2.30. The molecule has 118 valence electrons. The number of nitrogens with zero attached hydrogens (tertiary/aromatic N) is 4. The van der Waals surface area contributed by atoms with Gasteiger partial charge in [-0.25, -0.2) is 4.98 Å². The van der Waals surface area contributed by atoms with Gasteiger partial charge >= 0.3 is 0 Å². The summed E-state index contributed by atoms with van der Waals surface area (Å²) in [5.74, 6) is 1.81. The Balaban J connectivity index is 1.86. The standard InChI is InChI=1S/C14H12Cl2N6O/c1-7-21-22-13(23-7)8-3-4-11(9(15)5-8)19-14-18-6-10(16)12(17-2)20-14/h3-6H,1-2H3,(H2,17,18,19,20). The van der Waals surface area contributed by atoms with Crippen LogP contribution in [-0.4, -0.2) is 27.2 Å². The first-order chi connectivity index (χ1) is 11.1. The van der Waals surface area contributed by atoms with E-state index >= 15 is 0 Å². The second kappa shape index (κ2) is 6.39. The van der Waals surface area contributed by atoms with E-state index in [9.17, 15) is 0 Å². The Morgan fingerprint density at radius 2 is 1.96 bits per heavy atom. The first kappa shape index (κ1) is 15.5. The SMILES string of the molecule is CNc1nc(Nc2ccc(-c3nnc(C)o3)cc2Cl)ncc1Cl. The highest BCUT2D eigenvalue weighted by molar-refractivity contribution is 6.33. The number of hydrogen-bond acceptors (Lipinski definition) is 7. The van der Waals surface area contributed by atoms with Crippen LogP contribution in [0.3, 0.4) is 0 Å². The Morgan fingerprint density at radius 1 is 1.13 bits per heavy atom. The maximum Gasteiger partial charge on any atom is 0.247 e. The number of benzene rings is 1. The third kappa shape index (κ3) is 3.35. The molecule has 0 radical (unpaired) electrons. The lowest BCUT2D eigenvalue weighted by Gasteiger charge is -2.09. The van der Waals surface area contributed by atoms with Crippen molar-refractivity contribution >= 4 is 40.7 Å². The van der Waals surface area contributed by atoms with Crippen molar-refractivity contribution in [2.24, 2.45) is 0 Å². The average Bonchev–Trinajstić information content (AvgIpc) is 2.97. The molecule has 0 amide bonds. The molecule has 0 aliphatic rings. The first-order valence-electron chi connectivity index (χ1n) is 6.64. The summed E-state index contributed by atoms with van der Waals surface area (Å²) >= 11 is 12.2.